The van der Waals surface area contributed by atoms with Crippen LogP contribution in [0.2, 0.25) is 0 Å². The van der Waals surface area contributed by atoms with Gasteiger partial charge in [0.25, 0.3) is 0 Å². The number of phenols is 1. The number of rotatable bonds is 6. The Morgan fingerprint density at radius 3 is 2.37 bits per heavy atom. The predicted molar refractivity (Wildman–Crippen MR) is 113 cm³/mol. The molecule has 1 aromatic heterocycles. The summed E-state index contributed by atoms with van der Waals surface area (Å²) < 4.78 is 10.4. The van der Waals surface area contributed by atoms with Crippen LogP contribution in [0, 0.1) is 0 Å². The highest BCUT2D eigenvalue weighted by atomic mass is 16.5. The fraction of sp³-hybridized carbons (Fsp3) is 0.409. The first-order valence-corrected chi connectivity index (χ1v) is 9.79. The number of hydrogen-bond acceptors (Lipinski definition) is 7. The molecule has 30 heavy (non-hydrogen) atoms. The zero-order chi connectivity index (χ0) is 22.1. The summed E-state index contributed by atoms with van der Waals surface area (Å²) in [6.45, 7) is 7.96. The number of nitrogens with zero attached hydrogens (tertiary/aromatic N) is 3. The lowest BCUT2D eigenvalue weighted by atomic mass is 9.84. The minimum atomic E-state index is -0.506. The van der Waals surface area contributed by atoms with E-state index in [0.29, 0.717) is 28.9 Å². The number of methoxy groups -OCH3 is 1. The molecular weight excluding hydrogens is 386 g/mol. The molecular formula is C22H27N3O5. The SMILES string of the molecule is CCOC(=O)c1cc2nn(-c3cc(CCO)cc(C(C)(C)C)c3O)nc2cc1OC. The van der Waals surface area contributed by atoms with Crippen molar-refractivity contribution >= 4 is 17.0 Å². The van der Waals surface area contributed by atoms with E-state index < -0.39 is 5.97 Å². The quantitative estimate of drug-likeness (QED) is 0.598. The number of aliphatic hydroxyl groups is 1. The number of phenolic OH excluding ortho intramolecular Hbond substituents is 1. The minimum Gasteiger partial charge on any atom is -0.505 e. The summed E-state index contributed by atoms with van der Waals surface area (Å²) in [6, 6.07) is 6.82. The van der Waals surface area contributed by atoms with E-state index in [1.54, 1.807) is 25.1 Å². The van der Waals surface area contributed by atoms with Crippen molar-refractivity contribution in [2.24, 2.45) is 0 Å². The summed E-state index contributed by atoms with van der Waals surface area (Å²) >= 11 is 0. The third-order valence-corrected chi connectivity index (χ3v) is 4.77. The molecule has 8 nitrogen and oxygen atoms in total. The standard InChI is InChI=1S/C22H27N3O5/c1-6-30-21(28)14-11-16-17(12-19(14)29-5)24-25(23-16)18-10-13(7-8-26)9-15(20(18)27)22(2,3)4/h9-12,26-27H,6-8H2,1-5H3. The van der Waals surface area contributed by atoms with E-state index in [4.69, 9.17) is 9.47 Å². The summed E-state index contributed by atoms with van der Waals surface area (Å²) in [5.74, 6) is -0.0997. The maximum absolute atomic E-state index is 12.2. The second-order valence-corrected chi connectivity index (χ2v) is 7.99. The molecule has 0 unspecified atom stereocenters. The number of aliphatic hydroxyl groups excluding tert-OH is 1. The van der Waals surface area contributed by atoms with Crippen molar-refractivity contribution in [2.45, 2.75) is 39.5 Å². The van der Waals surface area contributed by atoms with Gasteiger partial charge in [-0.2, -0.15) is 0 Å². The number of aromatic nitrogens is 3. The minimum absolute atomic E-state index is 0.0115. The number of aromatic hydroxyl groups is 1. The summed E-state index contributed by atoms with van der Waals surface area (Å²) in [5.41, 5.74) is 2.89. The lowest BCUT2D eigenvalue weighted by Gasteiger charge is -2.23. The van der Waals surface area contributed by atoms with E-state index in [9.17, 15) is 15.0 Å². The highest BCUT2D eigenvalue weighted by Gasteiger charge is 2.24. The first kappa shape index (κ1) is 21.6. The van der Waals surface area contributed by atoms with Gasteiger partial charge in [-0.05, 0) is 36.5 Å². The van der Waals surface area contributed by atoms with Gasteiger partial charge in [0.15, 0.2) is 0 Å². The van der Waals surface area contributed by atoms with Gasteiger partial charge in [-0.25, -0.2) is 4.79 Å². The van der Waals surface area contributed by atoms with Crippen LogP contribution < -0.4 is 4.74 Å². The average molecular weight is 413 g/mol. The molecule has 1 heterocycles. The molecule has 2 aromatic carbocycles. The van der Waals surface area contributed by atoms with E-state index in [0.717, 1.165) is 11.1 Å². The van der Waals surface area contributed by atoms with Crippen LogP contribution in [0.1, 0.15) is 49.2 Å². The fourth-order valence-corrected chi connectivity index (χ4v) is 3.26. The molecule has 160 valence electrons. The van der Waals surface area contributed by atoms with Gasteiger partial charge < -0.3 is 19.7 Å². The van der Waals surface area contributed by atoms with Gasteiger partial charge in [-0.3, -0.25) is 0 Å². The molecule has 3 rings (SSSR count). The molecule has 0 saturated carbocycles. The van der Waals surface area contributed by atoms with Crippen LogP contribution in [0.15, 0.2) is 24.3 Å². The Kier molecular flexibility index (Phi) is 5.98. The van der Waals surface area contributed by atoms with Crippen LogP contribution in [0.4, 0.5) is 0 Å². The Bertz CT molecular complexity index is 1080. The number of ether oxygens (including phenoxy) is 2. The average Bonchev–Trinajstić information content (AvgIpc) is 3.10. The molecule has 0 atom stereocenters. The number of carbonyl (C=O) groups excluding carboxylic acids is 1. The first-order chi connectivity index (χ1) is 14.2. The van der Waals surface area contributed by atoms with E-state index >= 15 is 0 Å². The molecule has 0 aliphatic carbocycles. The van der Waals surface area contributed by atoms with Gasteiger partial charge in [0.2, 0.25) is 0 Å². The van der Waals surface area contributed by atoms with Crippen molar-refractivity contribution in [3.05, 3.63) is 41.0 Å². The molecule has 0 aliphatic rings. The summed E-state index contributed by atoms with van der Waals surface area (Å²) in [4.78, 5) is 13.6. The van der Waals surface area contributed by atoms with Crippen LogP contribution in [-0.2, 0) is 16.6 Å². The van der Waals surface area contributed by atoms with E-state index in [1.807, 2.05) is 26.8 Å². The van der Waals surface area contributed by atoms with Crippen molar-refractivity contribution in [2.75, 3.05) is 20.3 Å². The van der Waals surface area contributed by atoms with Gasteiger partial charge in [0.05, 0.1) is 13.7 Å². The molecule has 0 amide bonds. The molecule has 3 aromatic rings. The maximum atomic E-state index is 12.2. The second-order valence-electron chi connectivity index (χ2n) is 7.99. The normalized spacial score (nSPS) is 11.7. The zero-order valence-corrected chi connectivity index (χ0v) is 17.9. The van der Waals surface area contributed by atoms with Gasteiger partial charge in [-0.1, -0.05) is 26.8 Å². The predicted octanol–water partition coefficient (Wildman–Crippen LogP) is 3.14. The van der Waals surface area contributed by atoms with Crippen molar-refractivity contribution in [3.63, 3.8) is 0 Å². The van der Waals surface area contributed by atoms with Crippen molar-refractivity contribution < 1.29 is 24.5 Å². The highest BCUT2D eigenvalue weighted by Crippen LogP contribution is 2.36. The van der Waals surface area contributed by atoms with E-state index in [2.05, 4.69) is 10.2 Å². The van der Waals surface area contributed by atoms with Crippen molar-refractivity contribution in [1.82, 2.24) is 15.0 Å². The lowest BCUT2D eigenvalue weighted by Crippen LogP contribution is -2.14. The smallest absolute Gasteiger partial charge is 0.341 e. The summed E-state index contributed by atoms with van der Waals surface area (Å²) in [6.07, 6.45) is 0.442. The number of benzene rings is 2. The van der Waals surface area contributed by atoms with Crippen LogP contribution in [0.25, 0.3) is 16.7 Å². The molecule has 0 bridgehead atoms. The molecule has 0 fully saturated rings. The fourth-order valence-electron chi connectivity index (χ4n) is 3.26. The maximum Gasteiger partial charge on any atom is 0.341 e. The molecule has 0 saturated heterocycles. The molecule has 0 radical (unpaired) electrons. The topological polar surface area (TPSA) is 107 Å². The third-order valence-electron chi connectivity index (χ3n) is 4.77. The molecule has 8 heteroatoms. The highest BCUT2D eigenvalue weighted by molar-refractivity contribution is 5.97. The Hall–Kier alpha value is -3.13. The van der Waals surface area contributed by atoms with Gasteiger partial charge in [0, 0.05) is 18.2 Å². The van der Waals surface area contributed by atoms with Crippen molar-refractivity contribution in [3.8, 4) is 17.2 Å². The summed E-state index contributed by atoms with van der Waals surface area (Å²) in [7, 11) is 1.47. The van der Waals surface area contributed by atoms with Crippen LogP contribution >= 0.6 is 0 Å². The zero-order valence-electron chi connectivity index (χ0n) is 17.9. The molecule has 2 N–H and O–H groups in total. The molecule has 0 spiro atoms. The largest absolute Gasteiger partial charge is 0.505 e. The van der Waals surface area contributed by atoms with Crippen LogP contribution in [-0.4, -0.2) is 51.5 Å². The van der Waals surface area contributed by atoms with E-state index in [1.165, 1.54) is 11.9 Å². The first-order valence-electron chi connectivity index (χ1n) is 9.79. The number of fused-ring (bicyclic) bond motifs is 1. The monoisotopic (exact) mass is 413 g/mol. The van der Waals surface area contributed by atoms with E-state index in [-0.39, 0.29) is 29.9 Å². The molecule has 0 aliphatic heterocycles. The summed E-state index contributed by atoms with van der Waals surface area (Å²) in [5, 5.41) is 29.3. The van der Waals surface area contributed by atoms with Crippen LogP contribution in [0.5, 0.6) is 11.5 Å². The lowest BCUT2D eigenvalue weighted by molar-refractivity contribution is 0.0523. The van der Waals surface area contributed by atoms with Crippen molar-refractivity contribution in [1.29, 1.82) is 0 Å². The number of hydrogen-bond donors (Lipinski definition) is 2. The van der Waals surface area contributed by atoms with Gasteiger partial charge in [0.1, 0.15) is 33.8 Å². The third kappa shape index (κ3) is 4.09. The number of carbonyl (C=O) groups is 1. The Balaban J connectivity index is 2.19. The van der Waals surface area contributed by atoms with Gasteiger partial charge >= 0.3 is 5.97 Å². The Morgan fingerprint density at radius 1 is 1.13 bits per heavy atom. The van der Waals surface area contributed by atoms with Gasteiger partial charge in [-0.15, -0.1) is 15.0 Å². The van der Waals surface area contributed by atoms with Crippen LogP contribution in [0.3, 0.4) is 0 Å². The second kappa shape index (κ2) is 8.31. The Labute approximate surface area is 175 Å². The Morgan fingerprint density at radius 2 is 1.80 bits per heavy atom. The number of esters is 1.